The molecule has 6 heteroatoms. The maximum Gasteiger partial charge on any atom is 0.252 e. The zero-order chi connectivity index (χ0) is 16.5. The van der Waals surface area contributed by atoms with Gasteiger partial charge in [-0.2, -0.15) is 0 Å². The van der Waals surface area contributed by atoms with Crippen molar-refractivity contribution in [3.8, 4) is 0 Å². The molecular weight excluding hydrogens is 284 g/mol. The van der Waals surface area contributed by atoms with Gasteiger partial charge in [-0.15, -0.1) is 0 Å². The highest BCUT2D eigenvalue weighted by molar-refractivity contribution is 5.93. The minimum atomic E-state index is -1.24. The number of pyridine rings is 1. The number of aliphatic hydroxyl groups is 1. The molecule has 22 heavy (non-hydrogen) atoms. The molecule has 0 aliphatic heterocycles. The lowest BCUT2D eigenvalue weighted by Crippen LogP contribution is -2.39. The van der Waals surface area contributed by atoms with Gasteiger partial charge in [0.15, 0.2) is 0 Å². The van der Waals surface area contributed by atoms with Gasteiger partial charge < -0.3 is 19.4 Å². The van der Waals surface area contributed by atoms with Gasteiger partial charge in [-0.05, 0) is 32.9 Å². The van der Waals surface area contributed by atoms with Crippen molar-refractivity contribution >= 4 is 5.91 Å². The second-order valence-electron chi connectivity index (χ2n) is 5.65. The molecule has 1 unspecified atom stereocenters. The first-order valence-corrected chi connectivity index (χ1v) is 6.95. The first-order valence-electron chi connectivity index (χ1n) is 6.95. The number of furan rings is 1. The molecule has 6 nitrogen and oxygen atoms in total. The normalized spacial score (nSPS) is 13.7. The molecule has 2 heterocycles. The van der Waals surface area contributed by atoms with Crippen LogP contribution in [0, 0.1) is 13.8 Å². The number of hydrogen-bond donors (Lipinski definition) is 2. The Morgan fingerprint density at radius 3 is 2.64 bits per heavy atom. The summed E-state index contributed by atoms with van der Waals surface area (Å²) in [5.41, 5.74) is -0.421. The number of carbonyl (C=O) groups excluding carboxylic acids is 1. The molecule has 2 rings (SSSR count). The van der Waals surface area contributed by atoms with Gasteiger partial charge in [0.05, 0.1) is 12.1 Å². The van der Waals surface area contributed by atoms with Crippen LogP contribution >= 0.6 is 0 Å². The zero-order valence-corrected chi connectivity index (χ0v) is 13.1. The van der Waals surface area contributed by atoms with Crippen molar-refractivity contribution in [2.75, 3.05) is 6.54 Å². The predicted octanol–water partition coefficient (Wildman–Crippen LogP) is 1.23. The Morgan fingerprint density at radius 1 is 1.41 bits per heavy atom. The molecule has 0 aliphatic rings. The smallest absolute Gasteiger partial charge is 0.252 e. The number of aromatic nitrogens is 1. The molecule has 2 N–H and O–H groups in total. The molecule has 0 spiro atoms. The maximum atomic E-state index is 12.1. The Labute approximate surface area is 128 Å². The van der Waals surface area contributed by atoms with Gasteiger partial charge in [0.2, 0.25) is 5.56 Å². The maximum absolute atomic E-state index is 12.1. The number of aryl methyl sites for hydroxylation is 3. The highest BCUT2D eigenvalue weighted by Gasteiger charge is 2.28. The van der Waals surface area contributed by atoms with Gasteiger partial charge >= 0.3 is 0 Å². The van der Waals surface area contributed by atoms with E-state index in [2.05, 4.69) is 5.32 Å². The van der Waals surface area contributed by atoms with Crippen LogP contribution in [0.1, 0.15) is 34.4 Å². The number of nitrogens with zero attached hydrogens (tertiary/aromatic N) is 1. The van der Waals surface area contributed by atoms with Crippen LogP contribution in [0.4, 0.5) is 0 Å². The molecular formula is C16H20N2O4. The molecule has 2 aromatic rings. The van der Waals surface area contributed by atoms with Crippen LogP contribution < -0.4 is 10.9 Å². The summed E-state index contributed by atoms with van der Waals surface area (Å²) in [5.74, 6) is 0.977. The lowest BCUT2D eigenvalue weighted by molar-refractivity contribution is 0.0514. The Hall–Kier alpha value is -2.34. The molecule has 0 saturated carbocycles. The zero-order valence-electron chi connectivity index (χ0n) is 13.1. The molecule has 118 valence electrons. The van der Waals surface area contributed by atoms with E-state index in [0.29, 0.717) is 22.6 Å². The van der Waals surface area contributed by atoms with Crippen LogP contribution in [-0.2, 0) is 12.6 Å². The quantitative estimate of drug-likeness (QED) is 0.890. The van der Waals surface area contributed by atoms with E-state index in [1.165, 1.54) is 22.9 Å². The largest absolute Gasteiger partial charge is 0.466 e. The van der Waals surface area contributed by atoms with Crippen LogP contribution in [0.3, 0.4) is 0 Å². The molecule has 0 fully saturated rings. The van der Waals surface area contributed by atoms with Crippen LogP contribution in [-0.4, -0.2) is 22.1 Å². The fraction of sp³-hybridized carbons (Fsp3) is 0.375. The van der Waals surface area contributed by atoms with Gasteiger partial charge in [0.1, 0.15) is 17.1 Å². The Morgan fingerprint density at radius 2 is 2.09 bits per heavy atom. The molecule has 1 atom stereocenters. The minimum Gasteiger partial charge on any atom is -0.466 e. The average Bonchev–Trinajstić information content (AvgIpc) is 2.79. The Kier molecular flexibility index (Phi) is 4.23. The van der Waals surface area contributed by atoms with E-state index >= 15 is 0 Å². The number of amides is 1. The monoisotopic (exact) mass is 304 g/mol. The number of carbonyl (C=O) groups is 1. The van der Waals surface area contributed by atoms with E-state index in [9.17, 15) is 14.7 Å². The SMILES string of the molecule is Cc1cc(C(C)(O)CNC(=O)c2ccc(=O)n(C)c2)c(C)o1. The summed E-state index contributed by atoms with van der Waals surface area (Å²) in [6.45, 7) is 5.22. The molecule has 0 bridgehead atoms. The lowest BCUT2D eigenvalue weighted by atomic mass is 9.96. The third-order valence-corrected chi connectivity index (χ3v) is 3.56. The highest BCUT2D eigenvalue weighted by Crippen LogP contribution is 2.26. The van der Waals surface area contributed by atoms with Crippen molar-refractivity contribution in [2.24, 2.45) is 7.05 Å². The molecule has 0 saturated heterocycles. The van der Waals surface area contributed by atoms with Crippen molar-refractivity contribution in [2.45, 2.75) is 26.4 Å². The number of rotatable bonds is 4. The third kappa shape index (κ3) is 3.28. The second kappa shape index (κ2) is 5.81. The Bertz CT molecular complexity index is 756. The molecule has 0 radical (unpaired) electrons. The van der Waals surface area contributed by atoms with Gasteiger partial charge in [0, 0.05) is 24.9 Å². The number of hydrogen-bond acceptors (Lipinski definition) is 4. The minimum absolute atomic E-state index is 0.0362. The van der Waals surface area contributed by atoms with Crippen LogP contribution in [0.15, 0.2) is 33.6 Å². The summed E-state index contributed by atoms with van der Waals surface area (Å²) in [6.07, 6.45) is 1.46. The van der Waals surface area contributed by atoms with Gasteiger partial charge in [0.25, 0.3) is 5.91 Å². The summed E-state index contributed by atoms with van der Waals surface area (Å²) in [4.78, 5) is 23.4. The first-order chi connectivity index (χ1) is 10.2. The summed E-state index contributed by atoms with van der Waals surface area (Å²) < 4.78 is 6.74. The standard InChI is InChI=1S/C16H20N2O4/c1-10-7-13(11(2)22-10)16(3,21)9-17-15(20)12-5-6-14(19)18(4)8-12/h5-8,21H,9H2,1-4H3,(H,17,20). The fourth-order valence-electron chi connectivity index (χ4n) is 2.34. The summed E-state index contributed by atoms with van der Waals surface area (Å²) in [5, 5.41) is 13.2. The number of nitrogens with one attached hydrogen (secondary N) is 1. The van der Waals surface area contributed by atoms with Crippen molar-refractivity contribution < 1.29 is 14.3 Å². The van der Waals surface area contributed by atoms with E-state index in [1.807, 2.05) is 0 Å². The highest BCUT2D eigenvalue weighted by atomic mass is 16.3. The van der Waals surface area contributed by atoms with Crippen molar-refractivity contribution in [3.05, 3.63) is 57.4 Å². The summed E-state index contributed by atoms with van der Waals surface area (Å²) in [6, 6.07) is 4.55. The fourth-order valence-corrected chi connectivity index (χ4v) is 2.34. The van der Waals surface area contributed by atoms with Gasteiger partial charge in [-0.1, -0.05) is 0 Å². The van der Waals surface area contributed by atoms with Crippen molar-refractivity contribution in [1.29, 1.82) is 0 Å². The van der Waals surface area contributed by atoms with E-state index in [1.54, 1.807) is 33.9 Å². The summed E-state index contributed by atoms with van der Waals surface area (Å²) in [7, 11) is 1.58. The van der Waals surface area contributed by atoms with Crippen LogP contribution in [0.25, 0.3) is 0 Å². The second-order valence-corrected chi connectivity index (χ2v) is 5.65. The average molecular weight is 304 g/mol. The first kappa shape index (κ1) is 16.0. The van der Waals surface area contributed by atoms with E-state index < -0.39 is 5.60 Å². The van der Waals surface area contributed by atoms with Crippen LogP contribution in [0.2, 0.25) is 0 Å². The molecule has 1 amide bonds. The van der Waals surface area contributed by atoms with Gasteiger partial charge in [-0.3, -0.25) is 9.59 Å². The topological polar surface area (TPSA) is 84.5 Å². The predicted molar refractivity (Wildman–Crippen MR) is 81.8 cm³/mol. The molecule has 0 aromatic carbocycles. The lowest BCUT2D eigenvalue weighted by Gasteiger charge is -2.23. The van der Waals surface area contributed by atoms with E-state index in [4.69, 9.17) is 4.42 Å². The van der Waals surface area contributed by atoms with E-state index in [0.717, 1.165) is 0 Å². The van der Waals surface area contributed by atoms with E-state index in [-0.39, 0.29) is 18.0 Å². The Balaban J connectivity index is 2.11. The third-order valence-electron chi connectivity index (χ3n) is 3.56. The summed E-state index contributed by atoms with van der Waals surface area (Å²) >= 11 is 0. The molecule has 0 aliphatic carbocycles. The van der Waals surface area contributed by atoms with Crippen LogP contribution in [0.5, 0.6) is 0 Å². The van der Waals surface area contributed by atoms with Crippen molar-refractivity contribution in [1.82, 2.24) is 9.88 Å². The van der Waals surface area contributed by atoms with Crippen molar-refractivity contribution in [3.63, 3.8) is 0 Å². The van der Waals surface area contributed by atoms with Gasteiger partial charge in [-0.25, -0.2) is 0 Å². The molecule has 2 aromatic heterocycles.